The number of rotatable bonds is 6. The first kappa shape index (κ1) is 20.2. The SMILES string of the molecule is O=C(CCc1ncc(-c2ccc(Cl)cc2)o1)NS(=O)(=O)c1cc(Cl)sc1Cl. The van der Waals surface area contributed by atoms with E-state index in [9.17, 15) is 13.2 Å². The van der Waals surface area contributed by atoms with E-state index < -0.39 is 15.9 Å². The number of halogens is 3. The average molecular weight is 466 g/mol. The van der Waals surface area contributed by atoms with Gasteiger partial charge in [-0.3, -0.25) is 4.79 Å². The van der Waals surface area contributed by atoms with E-state index in [1.54, 1.807) is 24.3 Å². The monoisotopic (exact) mass is 464 g/mol. The van der Waals surface area contributed by atoms with Crippen LogP contribution in [0.1, 0.15) is 12.3 Å². The molecular formula is C16H11Cl3N2O4S2. The van der Waals surface area contributed by atoms with Gasteiger partial charge in [0.25, 0.3) is 10.0 Å². The molecule has 0 spiro atoms. The maximum atomic E-state index is 12.2. The molecule has 0 atom stereocenters. The van der Waals surface area contributed by atoms with Crippen LogP contribution in [0.3, 0.4) is 0 Å². The summed E-state index contributed by atoms with van der Waals surface area (Å²) in [5.74, 6) is 0.123. The number of nitrogens with one attached hydrogen (secondary N) is 1. The molecule has 0 saturated heterocycles. The zero-order valence-corrected chi connectivity index (χ0v) is 17.3. The molecule has 0 aliphatic heterocycles. The Hall–Kier alpha value is -1.58. The van der Waals surface area contributed by atoms with Crippen LogP contribution >= 0.6 is 46.1 Å². The Kier molecular flexibility index (Phi) is 6.12. The molecule has 142 valence electrons. The van der Waals surface area contributed by atoms with Gasteiger partial charge in [0.05, 0.1) is 10.5 Å². The molecule has 0 unspecified atom stereocenters. The van der Waals surface area contributed by atoms with E-state index in [1.807, 2.05) is 4.72 Å². The van der Waals surface area contributed by atoms with Crippen LogP contribution in [-0.4, -0.2) is 19.3 Å². The van der Waals surface area contributed by atoms with Gasteiger partial charge in [-0.2, -0.15) is 0 Å². The van der Waals surface area contributed by atoms with Gasteiger partial charge in [0.2, 0.25) is 5.91 Å². The number of thiophene rings is 1. The number of nitrogens with zero attached hydrogens (tertiary/aromatic N) is 1. The first-order chi connectivity index (χ1) is 12.7. The fraction of sp³-hybridized carbons (Fsp3) is 0.125. The van der Waals surface area contributed by atoms with Crippen molar-refractivity contribution in [2.24, 2.45) is 0 Å². The van der Waals surface area contributed by atoms with E-state index in [0.717, 1.165) is 16.9 Å². The summed E-state index contributed by atoms with van der Waals surface area (Å²) >= 11 is 18.3. The molecular weight excluding hydrogens is 455 g/mol. The molecule has 27 heavy (non-hydrogen) atoms. The predicted octanol–water partition coefficient (Wildman–Crippen LogP) is 4.80. The lowest BCUT2D eigenvalue weighted by Crippen LogP contribution is -2.30. The molecule has 0 aliphatic carbocycles. The molecule has 0 saturated carbocycles. The number of amides is 1. The van der Waals surface area contributed by atoms with Crippen molar-refractivity contribution in [3.05, 3.63) is 56.1 Å². The highest BCUT2D eigenvalue weighted by atomic mass is 35.5. The minimum Gasteiger partial charge on any atom is -0.441 e. The van der Waals surface area contributed by atoms with Crippen molar-refractivity contribution in [1.82, 2.24) is 9.71 Å². The first-order valence-electron chi connectivity index (χ1n) is 7.46. The Bertz CT molecular complexity index is 1080. The van der Waals surface area contributed by atoms with E-state index >= 15 is 0 Å². The summed E-state index contributed by atoms with van der Waals surface area (Å²) < 4.78 is 32.1. The van der Waals surface area contributed by atoms with Crippen LogP contribution in [0.2, 0.25) is 13.7 Å². The number of aromatic nitrogens is 1. The highest BCUT2D eigenvalue weighted by molar-refractivity contribution is 7.90. The van der Waals surface area contributed by atoms with Gasteiger partial charge in [-0.1, -0.05) is 34.8 Å². The number of aryl methyl sites for hydroxylation is 1. The van der Waals surface area contributed by atoms with Gasteiger partial charge in [-0.25, -0.2) is 18.1 Å². The molecule has 0 bridgehead atoms. The van der Waals surface area contributed by atoms with Crippen LogP contribution < -0.4 is 4.72 Å². The molecule has 2 aromatic heterocycles. The molecule has 11 heteroatoms. The summed E-state index contributed by atoms with van der Waals surface area (Å²) in [6, 6.07) is 8.19. The standard InChI is InChI=1S/C16H11Cl3N2O4S2/c17-10-3-1-9(2-4-10)11-8-20-15(25-11)6-5-14(22)21-27(23,24)12-7-13(18)26-16(12)19/h1-4,7-8H,5-6H2,(H,21,22). The van der Waals surface area contributed by atoms with Gasteiger partial charge in [0.15, 0.2) is 11.7 Å². The second-order valence-electron chi connectivity index (χ2n) is 5.34. The van der Waals surface area contributed by atoms with E-state index in [0.29, 0.717) is 16.7 Å². The number of benzene rings is 1. The summed E-state index contributed by atoms with van der Waals surface area (Å²) in [5, 5.41) is 0.600. The molecule has 0 radical (unpaired) electrons. The zero-order chi connectivity index (χ0) is 19.6. The molecule has 0 aliphatic rings. The summed E-state index contributed by atoms with van der Waals surface area (Å²) in [6.07, 6.45) is 1.53. The van der Waals surface area contributed by atoms with Gasteiger partial charge in [-0.05, 0) is 30.3 Å². The second kappa shape index (κ2) is 8.20. The quantitative estimate of drug-likeness (QED) is 0.565. The normalized spacial score (nSPS) is 11.5. The third-order valence-electron chi connectivity index (χ3n) is 3.41. The maximum Gasteiger partial charge on any atom is 0.266 e. The van der Waals surface area contributed by atoms with Gasteiger partial charge in [-0.15, -0.1) is 11.3 Å². The lowest BCUT2D eigenvalue weighted by molar-refractivity contribution is -0.119. The van der Waals surface area contributed by atoms with Crippen molar-refractivity contribution in [2.75, 3.05) is 0 Å². The van der Waals surface area contributed by atoms with Crippen LogP contribution in [0.4, 0.5) is 0 Å². The van der Waals surface area contributed by atoms with Crippen LogP contribution in [0.15, 0.2) is 45.8 Å². The number of sulfonamides is 1. The summed E-state index contributed by atoms with van der Waals surface area (Å²) in [4.78, 5) is 15.9. The molecule has 2 heterocycles. The molecule has 1 aromatic carbocycles. The highest BCUT2D eigenvalue weighted by Crippen LogP contribution is 2.34. The van der Waals surface area contributed by atoms with Crippen molar-refractivity contribution in [3.8, 4) is 11.3 Å². The van der Waals surface area contributed by atoms with Gasteiger partial charge in [0.1, 0.15) is 9.23 Å². The van der Waals surface area contributed by atoms with E-state index in [4.69, 9.17) is 39.2 Å². The third-order valence-corrected chi connectivity index (χ3v) is 6.79. The molecule has 0 fully saturated rings. The zero-order valence-electron chi connectivity index (χ0n) is 13.4. The lowest BCUT2D eigenvalue weighted by Gasteiger charge is -2.05. The van der Waals surface area contributed by atoms with Gasteiger partial charge < -0.3 is 4.42 Å². The molecule has 3 aromatic rings. The smallest absolute Gasteiger partial charge is 0.266 e. The highest BCUT2D eigenvalue weighted by Gasteiger charge is 2.23. The number of carbonyl (C=O) groups is 1. The van der Waals surface area contributed by atoms with Crippen molar-refractivity contribution in [2.45, 2.75) is 17.7 Å². The van der Waals surface area contributed by atoms with Crippen molar-refractivity contribution < 1.29 is 17.6 Å². The summed E-state index contributed by atoms with van der Waals surface area (Å²) in [5.41, 5.74) is 0.786. The van der Waals surface area contributed by atoms with Gasteiger partial charge in [0, 0.05) is 23.4 Å². The number of hydrogen-bond donors (Lipinski definition) is 1. The van der Waals surface area contributed by atoms with E-state index in [2.05, 4.69) is 4.98 Å². The Morgan fingerprint density at radius 1 is 1.19 bits per heavy atom. The minimum atomic E-state index is -4.08. The topological polar surface area (TPSA) is 89.3 Å². The molecule has 1 N–H and O–H groups in total. The number of hydrogen-bond acceptors (Lipinski definition) is 6. The fourth-order valence-corrected chi connectivity index (χ4v) is 5.45. The Labute approximate surface area is 174 Å². The van der Waals surface area contributed by atoms with E-state index in [1.165, 1.54) is 12.3 Å². The lowest BCUT2D eigenvalue weighted by atomic mass is 10.2. The van der Waals surface area contributed by atoms with Crippen LogP contribution in [0.5, 0.6) is 0 Å². The fourth-order valence-electron chi connectivity index (χ4n) is 2.16. The summed E-state index contributed by atoms with van der Waals surface area (Å²) in [6.45, 7) is 0. The number of oxazole rings is 1. The predicted molar refractivity (Wildman–Crippen MR) is 105 cm³/mol. The molecule has 6 nitrogen and oxygen atoms in total. The van der Waals surface area contributed by atoms with Crippen molar-refractivity contribution in [3.63, 3.8) is 0 Å². The average Bonchev–Trinajstić information content (AvgIpc) is 3.20. The largest absolute Gasteiger partial charge is 0.441 e. The van der Waals surface area contributed by atoms with Crippen molar-refractivity contribution >= 4 is 62.1 Å². The van der Waals surface area contributed by atoms with Crippen LogP contribution in [0.25, 0.3) is 11.3 Å². The Morgan fingerprint density at radius 3 is 2.52 bits per heavy atom. The minimum absolute atomic E-state index is 0.0133. The number of carbonyl (C=O) groups excluding carboxylic acids is 1. The van der Waals surface area contributed by atoms with Crippen molar-refractivity contribution in [1.29, 1.82) is 0 Å². The molecule has 1 amide bonds. The van der Waals surface area contributed by atoms with Gasteiger partial charge >= 0.3 is 0 Å². The second-order valence-corrected chi connectivity index (χ2v) is 9.72. The van der Waals surface area contributed by atoms with Crippen LogP contribution in [-0.2, 0) is 21.2 Å². The Morgan fingerprint density at radius 2 is 1.89 bits per heavy atom. The molecule has 3 rings (SSSR count). The summed E-state index contributed by atoms with van der Waals surface area (Å²) in [7, 11) is -4.08. The Balaban J connectivity index is 1.61. The maximum absolute atomic E-state index is 12.2. The third kappa shape index (κ3) is 5.03. The van der Waals surface area contributed by atoms with E-state index in [-0.39, 0.29) is 26.4 Å². The van der Waals surface area contributed by atoms with Crippen LogP contribution in [0, 0.1) is 0 Å². The first-order valence-corrected chi connectivity index (χ1v) is 10.9.